The first-order chi connectivity index (χ1) is 17.9. The standard InChI is InChI=1S/C30H28N2O5/c1-19-2-3-20(15-27(33)30(10-11-30)23-8-9-25-26(16-23)37-18-36-25)14-24(19)21-4-6-22(7-5-21)29(35)32-13-12-31-28(34)17-32/h2-9,14,16H,10-13,15,17-18H2,1H3,(H,31,34). The Morgan fingerprint density at radius 1 is 0.973 bits per heavy atom. The molecule has 0 radical (unpaired) electrons. The summed E-state index contributed by atoms with van der Waals surface area (Å²) < 4.78 is 10.9. The second-order valence-electron chi connectivity index (χ2n) is 10.1. The van der Waals surface area contributed by atoms with E-state index < -0.39 is 5.41 Å². The molecule has 6 rings (SSSR count). The molecule has 3 aromatic carbocycles. The minimum Gasteiger partial charge on any atom is -0.454 e. The Labute approximate surface area is 215 Å². The lowest BCUT2D eigenvalue weighted by Crippen LogP contribution is -2.49. The number of carbonyl (C=O) groups excluding carboxylic acids is 3. The van der Waals surface area contributed by atoms with E-state index in [0.717, 1.165) is 46.4 Å². The zero-order valence-electron chi connectivity index (χ0n) is 20.7. The van der Waals surface area contributed by atoms with Gasteiger partial charge in [0.15, 0.2) is 11.5 Å². The van der Waals surface area contributed by atoms with Crippen LogP contribution in [0.15, 0.2) is 60.7 Å². The predicted octanol–water partition coefficient (Wildman–Crippen LogP) is 3.81. The molecule has 0 atom stereocenters. The molecule has 1 N–H and O–H groups in total. The average molecular weight is 497 g/mol. The predicted molar refractivity (Wildman–Crippen MR) is 138 cm³/mol. The van der Waals surface area contributed by atoms with Gasteiger partial charge in [-0.05, 0) is 71.8 Å². The highest BCUT2D eigenvalue weighted by atomic mass is 16.7. The van der Waals surface area contributed by atoms with Crippen LogP contribution in [0, 0.1) is 6.92 Å². The molecule has 2 amide bonds. The van der Waals surface area contributed by atoms with Crippen LogP contribution in [-0.2, 0) is 21.4 Å². The molecule has 1 saturated heterocycles. The second-order valence-corrected chi connectivity index (χ2v) is 10.1. The molecule has 1 saturated carbocycles. The molecule has 0 spiro atoms. The first-order valence-electron chi connectivity index (χ1n) is 12.6. The Bertz CT molecular complexity index is 1410. The van der Waals surface area contributed by atoms with Crippen molar-refractivity contribution in [2.45, 2.75) is 31.6 Å². The fourth-order valence-corrected chi connectivity index (χ4v) is 5.28. The third-order valence-electron chi connectivity index (χ3n) is 7.64. The fraction of sp³-hybridized carbons (Fsp3) is 0.300. The van der Waals surface area contributed by atoms with Gasteiger partial charge in [-0.15, -0.1) is 0 Å². The molecule has 3 aliphatic rings. The Morgan fingerprint density at radius 2 is 1.76 bits per heavy atom. The minimum absolute atomic E-state index is 0.0868. The lowest BCUT2D eigenvalue weighted by Gasteiger charge is -2.26. The van der Waals surface area contributed by atoms with Gasteiger partial charge >= 0.3 is 0 Å². The average Bonchev–Trinajstić information content (AvgIpc) is 3.60. The molecule has 0 unspecified atom stereocenters. The first kappa shape index (κ1) is 23.3. The van der Waals surface area contributed by atoms with Gasteiger partial charge < -0.3 is 19.7 Å². The van der Waals surface area contributed by atoms with Crippen molar-refractivity contribution in [1.82, 2.24) is 10.2 Å². The Hall–Kier alpha value is -4.13. The van der Waals surface area contributed by atoms with Gasteiger partial charge in [0.1, 0.15) is 5.78 Å². The van der Waals surface area contributed by atoms with Crippen LogP contribution in [0.3, 0.4) is 0 Å². The third kappa shape index (κ3) is 4.35. The summed E-state index contributed by atoms with van der Waals surface area (Å²) in [5.41, 5.74) is 5.20. The summed E-state index contributed by atoms with van der Waals surface area (Å²) in [6, 6.07) is 19.4. The molecule has 7 nitrogen and oxygen atoms in total. The van der Waals surface area contributed by atoms with E-state index in [4.69, 9.17) is 9.47 Å². The molecule has 0 bridgehead atoms. The van der Waals surface area contributed by atoms with Crippen LogP contribution < -0.4 is 14.8 Å². The Morgan fingerprint density at radius 3 is 2.51 bits per heavy atom. The van der Waals surface area contributed by atoms with E-state index in [2.05, 4.69) is 11.4 Å². The van der Waals surface area contributed by atoms with Crippen LogP contribution in [0.5, 0.6) is 11.5 Å². The summed E-state index contributed by atoms with van der Waals surface area (Å²) >= 11 is 0. The van der Waals surface area contributed by atoms with Gasteiger partial charge in [-0.3, -0.25) is 14.4 Å². The summed E-state index contributed by atoms with van der Waals surface area (Å²) in [7, 11) is 0. The van der Waals surface area contributed by atoms with Gasteiger partial charge in [-0.2, -0.15) is 0 Å². The van der Waals surface area contributed by atoms with E-state index in [0.29, 0.717) is 30.8 Å². The van der Waals surface area contributed by atoms with Crippen LogP contribution in [0.1, 0.15) is 39.9 Å². The Kier molecular flexibility index (Phi) is 5.71. The molecule has 188 valence electrons. The van der Waals surface area contributed by atoms with Gasteiger partial charge in [0.05, 0.1) is 12.0 Å². The fourth-order valence-electron chi connectivity index (χ4n) is 5.28. The van der Waals surface area contributed by atoms with Crippen LogP contribution >= 0.6 is 0 Å². The third-order valence-corrected chi connectivity index (χ3v) is 7.64. The van der Waals surface area contributed by atoms with Gasteiger partial charge in [0, 0.05) is 25.1 Å². The molecule has 7 heteroatoms. The van der Waals surface area contributed by atoms with Crippen LogP contribution in [0.25, 0.3) is 11.1 Å². The number of amides is 2. The van der Waals surface area contributed by atoms with Gasteiger partial charge in [-0.1, -0.05) is 36.4 Å². The van der Waals surface area contributed by atoms with Crippen molar-refractivity contribution in [2.24, 2.45) is 0 Å². The quantitative estimate of drug-likeness (QED) is 0.561. The maximum atomic E-state index is 13.5. The number of piperazine rings is 1. The molecular weight excluding hydrogens is 468 g/mol. The van der Waals surface area contributed by atoms with Crippen molar-refractivity contribution in [3.8, 4) is 22.6 Å². The number of benzene rings is 3. The van der Waals surface area contributed by atoms with Crippen LogP contribution in [-0.4, -0.2) is 48.9 Å². The largest absolute Gasteiger partial charge is 0.454 e. The summed E-state index contributed by atoms with van der Waals surface area (Å²) in [5, 5.41) is 2.74. The number of nitrogens with one attached hydrogen (secondary N) is 1. The maximum Gasteiger partial charge on any atom is 0.254 e. The van der Waals surface area contributed by atoms with Crippen molar-refractivity contribution in [2.75, 3.05) is 26.4 Å². The maximum absolute atomic E-state index is 13.5. The lowest BCUT2D eigenvalue weighted by atomic mass is 9.87. The minimum atomic E-state index is -0.445. The van der Waals surface area contributed by atoms with E-state index in [9.17, 15) is 14.4 Å². The number of fused-ring (bicyclic) bond motifs is 1. The van der Waals surface area contributed by atoms with E-state index >= 15 is 0 Å². The van der Waals surface area contributed by atoms with Gasteiger partial charge in [0.25, 0.3) is 5.91 Å². The number of nitrogens with zero attached hydrogens (tertiary/aromatic N) is 1. The van der Waals surface area contributed by atoms with Gasteiger partial charge in [0.2, 0.25) is 12.7 Å². The number of rotatable bonds is 6. The van der Waals surface area contributed by atoms with E-state index in [1.165, 1.54) is 0 Å². The van der Waals surface area contributed by atoms with Crippen molar-refractivity contribution in [3.05, 3.63) is 82.9 Å². The topological polar surface area (TPSA) is 84.9 Å². The van der Waals surface area contributed by atoms with E-state index in [1.54, 1.807) is 17.0 Å². The summed E-state index contributed by atoms with van der Waals surface area (Å²) in [5.74, 6) is 1.37. The number of Topliss-reactive ketones (excluding diaryl/α,β-unsaturated/α-hetero) is 1. The van der Waals surface area contributed by atoms with Gasteiger partial charge in [-0.25, -0.2) is 0 Å². The number of ketones is 1. The second kappa shape index (κ2) is 9.07. The normalized spacial score (nSPS) is 17.3. The summed E-state index contributed by atoms with van der Waals surface area (Å²) in [6.07, 6.45) is 2.05. The van der Waals surface area contributed by atoms with E-state index in [-0.39, 0.29) is 30.9 Å². The molecule has 1 aliphatic carbocycles. The SMILES string of the molecule is Cc1ccc(CC(=O)C2(c3ccc4c(c3)OCO4)CC2)cc1-c1ccc(C(=O)N2CCNC(=O)C2)cc1. The van der Waals surface area contributed by atoms with Crippen LogP contribution in [0.2, 0.25) is 0 Å². The number of ether oxygens (including phenoxy) is 2. The molecule has 0 aromatic heterocycles. The monoisotopic (exact) mass is 496 g/mol. The zero-order valence-corrected chi connectivity index (χ0v) is 20.7. The highest BCUT2D eigenvalue weighted by Gasteiger charge is 2.50. The Balaban J connectivity index is 1.19. The highest BCUT2D eigenvalue weighted by Crippen LogP contribution is 2.51. The molecular formula is C30H28N2O5. The van der Waals surface area contributed by atoms with E-state index in [1.807, 2.05) is 49.4 Å². The van der Waals surface area contributed by atoms with Crippen molar-refractivity contribution in [3.63, 3.8) is 0 Å². The zero-order chi connectivity index (χ0) is 25.6. The smallest absolute Gasteiger partial charge is 0.254 e. The number of aryl methyl sites for hydroxylation is 1. The molecule has 2 aliphatic heterocycles. The van der Waals surface area contributed by atoms with Crippen molar-refractivity contribution < 1.29 is 23.9 Å². The summed E-state index contributed by atoms with van der Waals surface area (Å²) in [6.45, 7) is 3.33. The number of carbonyl (C=O) groups is 3. The van der Waals surface area contributed by atoms with Crippen molar-refractivity contribution in [1.29, 1.82) is 0 Å². The molecule has 2 heterocycles. The van der Waals surface area contributed by atoms with Crippen molar-refractivity contribution >= 4 is 17.6 Å². The van der Waals surface area contributed by atoms with Crippen LogP contribution in [0.4, 0.5) is 0 Å². The number of hydrogen-bond donors (Lipinski definition) is 1. The summed E-state index contributed by atoms with van der Waals surface area (Å²) in [4.78, 5) is 39.5. The lowest BCUT2D eigenvalue weighted by molar-refractivity contribution is -0.123. The molecule has 37 heavy (non-hydrogen) atoms. The first-order valence-corrected chi connectivity index (χ1v) is 12.6. The molecule has 2 fully saturated rings. The number of hydrogen-bond acceptors (Lipinski definition) is 5. The highest BCUT2D eigenvalue weighted by molar-refractivity contribution is 5.97. The molecule has 3 aromatic rings.